The quantitative estimate of drug-likeness (QED) is 0.0527. The van der Waals surface area contributed by atoms with E-state index in [1.165, 1.54) is 24.8 Å². The van der Waals surface area contributed by atoms with Crippen LogP contribution in [0.1, 0.15) is 109 Å². The van der Waals surface area contributed by atoms with Crippen molar-refractivity contribution in [2.45, 2.75) is 86.5 Å². The van der Waals surface area contributed by atoms with Crippen molar-refractivity contribution in [1.29, 1.82) is 0 Å². The van der Waals surface area contributed by atoms with Gasteiger partial charge in [0.25, 0.3) is 0 Å². The van der Waals surface area contributed by atoms with Gasteiger partial charge in [0.15, 0.2) is 92.3 Å². The minimum atomic E-state index is 0. The van der Waals surface area contributed by atoms with Gasteiger partial charge in [0, 0.05) is 49.8 Å². The predicted molar refractivity (Wildman–Crippen MR) is 395 cm³/mol. The minimum Gasteiger partial charge on any atom is -0.486 e. The molecule has 0 atom stereocenters. The van der Waals surface area contributed by atoms with Crippen molar-refractivity contribution < 1.29 is 56.8 Å². The molecule has 504 valence electrons. The zero-order valence-corrected chi connectivity index (χ0v) is 61.0. The summed E-state index contributed by atoms with van der Waals surface area (Å²) in [5.41, 5.74) is 49.2. The highest BCUT2D eigenvalue weighted by molar-refractivity contribution is 14.1. The van der Waals surface area contributed by atoms with Crippen LogP contribution >= 0.6 is 98.1 Å². The summed E-state index contributed by atoms with van der Waals surface area (Å²) in [5.74, 6) is 11.8. The Balaban J connectivity index is 0.000000175. The molecule has 0 fully saturated rings. The normalized spacial score (nSPS) is 12.9. The third-order valence-corrected chi connectivity index (χ3v) is 17.3. The molecule has 4 aromatic heterocycles. The van der Waals surface area contributed by atoms with Crippen molar-refractivity contribution in [2.75, 3.05) is 98.7 Å². The molecular formula is C61H73ClI4N16O12. The number of nitrogens with two attached hydrogens (primary N) is 8. The summed E-state index contributed by atoms with van der Waals surface area (Å²) in [7, 11) is 4.61. The maximum atomic E-state index is 6.08. The van der Waals surface area contributed by atoms with Gasteiger partial charge in [-0.25, -0.2) is 19.9 Å². The first kappa shape index (κ1) is 73.8. The number of ether oxygens (including phenoxy) is 12. The summed E-state index contributed by atoms with van der Waals surface area (Å²) in [6, 6.07) is 9.20. The molecule has 28 nitrogen and oxygen atoms in total. The second kappa shape index (κ2) is 33.7. The lowest BCUT2D eigenvalue weighted by molar-refractivity contribution is 0.167. The molecule has 8 heterocycles. The summed E-state index contributed by atoms with van der Waals surface area (Å²) in [5, 5.41) is 0. The number of rotatable bonds is 12. The van der Waals surface area contributed by atoms with Crippen molar-refractivity contribution in [1.82, 2.24) is 39.9 Å². The lowest BCUT2D eigenvalue weighted by Crippen LogP contribution is -2.19. The summed E-state index contributed by atoms with van der Waals surface area (Å²) in [6.45, 7) is 20.8. The number of benzene rings is 4. The fraction of sp³-hybridized carbons (Fsp3) is 0.344. The molecule has 4 aliphatic rings. The number of aromatic nitrogens is 8. The molecule has 0 bridgehead atoms. The molecule has 8 aromatic rings. The molecule has 0 spiro atoms. The van der Waals surface area contributed by atoms with Crippen LogP contribution in [-0.2, 0) is 0 Å². The van der Waals surface area contributed by atoms with E-state index in [0.29, 0.717) is 110 Å². The topological polar surface area (TPSA) is 422 Å². The van der Waals surface area contributed by atoms with E-state index in [2.05, 4.69) is 172 Å². The van der Waals surface area contributed by atoms with Crippen LogP contribution in [0.15, 0.2) is 55.1 Å². The largest absolute Gasteiger partial charge is 0.486 e. The van der Waals surface area contributed by atoms with E-state index in [9.17, 15) is 0 Å². The monoisotopic (exact) mass is 1760 g/mol. The number of nitrogen functional groups attached to an aromatic ring is 8. The third kappa shape index (κ3) is 17.6. The summed E-state index contributed by atoms with van der Waals surface area (Å²) >= 11 is 8.30. The minimum absolute atomic E-state index is 0. The Labute approximate surface area is 601 Å². The van der Waals surface area contributed by atoms with Gasteiger partial charge in [-0.1, -0.05) is 62.8 Å². The smallest absolute Gasteiger partial charge is 0.222 e. The number of nitrogens with zero attached hydrogens (tertiary/aromatic N) is 8. The Hall–Kier alpha value is -7.59. The number of hydrogen-bond donors (Lipinski definition) is 8. The van der Waals surface area contributed by atoms with Crippen molar-refractivity contribution in [3.63, 3.8) is 0 Å². The van der Waals surface area contributed by atoms with Crippen LogP contribution < -0.4 is 103 Å². The van der Waals surface area contributed by atoms with Crippen LogP contribution in [0.4, 0.5) is 47.1 Å². The zero-order valence-electron chi connectivity index (χ0n) is 51.6. The maximum Gasteiger partial charge on any atom is 0.222 e. The molecule has 0 saturated carbocycles. The van der Waals surface area contributed by atoms with E-state index < -0.39 is 0 Å². The van der Waals surface area contributed by atoms with Crippen LogP contribution in [0.2, 0.25) is 0 Å². The van der Waals surface area contributed by atoms with E-state index >= 15 is 0 Å². The molecule has 4 aromatic carbocycles. The van der Waals surface area contributed by atoms with Gasteiger partial charge in [-0.05, 0) is 125 Å². The number of anilines is 8. The molecule has 33 heteroatoms. The Morgan fingerprint density at radius 2 is 0.660 bits per heavy atom. The van der Waals surface area contributed by atoms with Crippen molar-refractivity contribution in [2.24, 2.45) is 0 Å². The molecule has 16 N–H and O–H groups in total. The molecule has 0 unspecified atom stereocenters. The lowest BCUT2D eigenvalue weighted by Gasteiger charge is -2.27. The Morgan fingerprint density at radius 1 is 0.362 bits per heavy atom. The summed E-state index contributed by atoms with van der Waals surface area (Å²) in [4.78, 5) is 31.3. The predicted octanol–water partition coefficient (Wildman–Crippen LogP) is 13.3. The van der Waals surface area contributed by atoms with Crippen molar-refractivity contribution in [3.05, 3.63) is 88.1 Å². The van der Waals surface area contributed by atoms with Crippen LogP contribution in [0, 0.1) is 10.7 Å². The molecule has 12 rings (SSSR count). The second-order valence-corrected chi connectivity index (χ2v) is 24.6. The first-order valence-corrected chi connectivity index (χ1v) is 34.6. The molecule has 0 amide bonds. The van der Waals surface area contributed by atoms with Gasteiger partial charge in [-0.2, -0.15) is 19.9 Å². The van der Waals surface area contributed by atoms with Crippen LogP contribution in [0.25, 0.3) is 0 Å². The van der Waals surface area contributed by atoms with E-state index in [0.717, 1.165) is 67.5 Å². The van der Waals surface area contributed by atoms with Gasteiger partial charge < -0.3 is 103 Å². The summed E-state index contributed by atoms with van der Waals surface area (Å²) in [6.07, 6.45) is 5.85. The van der Waals surface area contributed by atoms with E-state index in [4.69, 9.17) is 103 Å². The number of halogens is 5. The van der Waals surface area contributed by atoms with E-state index in [1.807, 2.05) is 30.3 Å². The first-order chi connectivity index (χ1) is 44.5. The Bertz CT molecular complexity index is 3860. The van der Waals surface area contributed by atoms with E-state index in [1.54, 1.807) is 21.5 Å². The molecule has 4 aliphatic heterocycles. The van der Waals surface area contributed by atoms with Crippen LogP contribution in [-0.4, -0.2) is 92.7 Å². The highest BCUT2D eigenvalue weighted by Gasteiger charge is 2.32. The maximum absolute atomic E-state index is 6.08. The second-order valence-electron chi connectivity index (χ2n) is 21.3. The Kier molecular flexibility index (Phi) is 26.5. The standard InChI is InChI=1S/C15H16I2N4O3.C15H17IN4O3.2C15H18N4O3.CH4.ClI/c1-6(2)8-11(24-7-5-20-15(19)21-14(7)18)9(16)10(17)13-12(8)22-3-4-23-13;1-7(2)11-12(23-10-6-19-15(18)20-14(10)17)8(16)5-9-13(11)22-4-3-21-9;2*1-8(2)12-9(3-4-10-13(12)21-6-5-20-10)22-11-7-18-15(17)19-14(11)16;;1-2/h5-6H,3-4H2,1-2H3,(H4,18,19,20,21);5-7H,3-4H2,1-2H3,(H4,17,18,19,20);2*3-4,7-8H,5-6H2,1-2H3,(H4,16,17,18,19);1H4;. The first-order valence-electron chi connectivity index (χ1n) is 28.6. The number of fused-ring (bicyclic) bond motifs is 4. The average molecular weight is 1770 g/mol. The van der Waals surface area contributed by atoms with Gasteiger partial charge >= 0.3 is 0 Å². The van der Waals surface area contributed by atoms with Gasteiger partial charge in [-0.15, -0.1) is 0 Å². The third-order valence-electron chi connectivity index (χ3n) is 13.4. The lowest BCUT2D eigenvalue weighted by atomic mass is 10.00. The van der Waals surface area contributed by atoms with Crippen LogP contribution in [0.3, 0.4) is 0 Å². The van der Waals surface area contributed by atoms with Gasteiger partial charge in [0.2, 0.25) is 23.8 Å². The fourth-order valence-electron chi connectivity index (χ4n) is 9.49. The highest BCUT2D eigenvalue weighted by Crippen LogP contribution is 2.52. The van der Waals surface area contributed by atoms with Gasteiger partial charge in [0.05, 0.1) is 35.5 Å². The SMILES string of the molecule is C.CC(C)c1c(Oc2cnc(N)nc2N)c(I)c(I)c2c1OCCO2.CC(C)c1c(Oc2cnc(N)nc2N)c(I)cc2c1OCCO2.CC(C)c1c(Oc2cnc(N)nc2N)ccc2c1OCCO2.CC(C)c1c(Oc2cnc(N)nc2N)ccc2c1OCCO2.ClI. The van der Waals surface area contributed by atoms with Gasteiger partial charge in [-0.3, -0.25) is 0 Å². The van der Waals surface area contributed by atoms with Crippen molar-refractivity contribution >= 4 is 145 Å². The fourth-order valence-corrected chi connectivity index (χ4v) is 11.5. The molecule has 0 aliphatic carbocycles. The van der Waals surface area contributed by atoms with Gasteiger partial charge in [0.1, 0.15) is 75.9 Å². The van der Waals surface area contributed by atoms with Crippen molar-refractivity contribution in [3.8, 4) is 92.0 Å². The highest BCUT2D eigenvalue weighted by atomic mass is 127. The van der Waals surface area contributed by atoms with E-state index in [-0.39, 0.29) is 78.2 Å². The number of hydrogen-bond acceptors (Lipinski definition) is 28. The average Bonchev–Trinajstić information content (AvgIpc) is 0.782. The Morgan fingerprint density at radius 3 is 1.02 bits per heavy atom. The molecule has 0 saturated heterocycles. The molecule has 94 heavy (non-hydrogen) atoms. The molecule has 0 radical (unpaired) electrons. The zero-order chi connectivity index (χ0) is 67.4. The van der Waals surface area contributed by atoms with Crippen LogP contribution in [0.5, 0.6) is 92.0 Å². The summed E-state index contributed by atoms with van der Waals surface area (Å²) < 4.78 is 72.5. The molecular weight excluding hydrogens is 1690 g/mol.